The van der Waals surface area contributed by atoms with Gasteiger partial charge in [-0.15, -0.1) is 0 Å². The Bertz CT molecular complexity index is 317. The maximum absolute atomic E-state index is 11.0. The number of aliphatic carboxylic acids is 1. The van der Waals surface area contributed by atoms with Gasteiger partial charge < -0.3 is 10.1 Å². The van der Waals surface area contributed by atoms with E-state index in [0.717, 1.165) is 18.7 Å². The first-order valence-corrected chi connectivity index (χ1v) is 5.01. The van der Waals surface area contributed by atoms with Gasteiger partial charge >= 0.3 is 5.97 Å². The zero-order chi connectivity index (χ0) is 11.5. The third-order valence-electron chi connectivity index (χ3n) is 2.86. The molecule has 0 saturated carbocycles. The van der Waals surface area contributed by atoms with E-state index in [1.807, 2.05) is 30.3 Å². The van der Waals surface area contributed by atoms with E-state index in [0.29, 0.717) is 0 Å². The van der Waals surface area contributed by atoms with Crippen LogP contribution in [0.4, 0.5) is 0 Å². The Labute approximate surface area is 89.9 Å². The second kappa shape index (κ2) is 4.49. The van der Waals surface area contributed by atoms with Crippen LogP contribution in [-0.4, -0.2) is 40.1 Å². The molecule has 4 nitrogen and oxygen atoms in total. The Hall–Kier alpha value is -1.29. The minimum Gasteiger partial charge on any atom is -0.480 e. The van der Waals surface area contributed by atoms with E-state index >= 15 is 0 Å². The van der Waals surface area contributed by atoms with Crippen LogP contribution >= 0.6 is 0 Å². The number of nitrogens with zero attached hydrogens (tertiary/aromatic N) is 1. The summed E-state index contributed by atoms with van der Waals surface area (Å²) < 4.78 is 0. The van der Waals surface area contributed by atoms with Gasteiger partial charge in [-0.3, -0.25) is 9.69 Å². The SMILES string of the molecule is CN(CCc1ccc[nH]1)C(C)(C)C(=O)O. The minimum atomic E-state index is -0.813. The molecule has 0 atom stereocenters. The number of nitrogens with one attached hydrogen (secondary N) is 1. The zero-order valence-electron chi connectivity index (χ0n) is 9.45. The largest absolute Gasteiger partial charge is 0.480 e. The van der Waals surface area contributed by atoms with Gasteiger partial charge in [0.1, 0.15) is 5.54 Å². The Morgan fingerprint density at radius 2 is 2.27 bits per heavy atom. The number of aromatic amines is 1. The average Bonchev–Trinajstić information content (AvgIpc) is 2.66. The molecule has 15 heavy (non-hydrogen) atoms. The Morgan fingerprint density at radius 1 is 1.60 bits per heavy atom. The highest BCUT2D eigenvalue weighted by Gasteiger charge is 2.31. The number of rotatable bonds is 5. The van der Waals surface area contributed by atoms with Gasteiger partial charge in [-0.05, 0) is 33.0 Å². The average molecular weight is 210 g/mol. The number of hydrogen-bond acceptors (Lipinski definition) is 2. The first kappa shape index (κ1) is 11.8. The maximum atomic E-state index is 11.0. The van der Waals surface area contributed by atoms with E-state index in [4.69, 9.17) is 5.11 Å². The lowest BCUT2D eigenvalue weighted by atomic mass is 10.0. The molecular formula is C11H18N2O2. The summed E-state index contributed by atoms with van der Waals surface area (Å²) in [6.07, 6.45) is 2.71. The molecule has 1 rings (SSSR count). The van der Waals surface area contributed by atoms with Crippen molar-refractivity contribution in [2.24, 2.45) is 0 Å². The van der Waals surface area contributed by atoms with Crippen molar-refractivity contribution in [3.63, 3.8) is 0 Å². The number of H-pyrrole nitrogens is 1. The molecule has 0 aliphatic heterocycles. The van der Waals surface area contributed by atoms with Crippen LogP contribution in [0.5, 0.6) is 0 Å². The van der Waals surface area contributed by atoms with E-state index in [-0.39, 0.29) is 0 Å². The summed E-state index contributed by atoms with van der Waals surface area (Å²) in [5.74, 6) is -0.795. The van der Waals surface area contributed by atoms with Gasteiger partial charge in [0.15, 0.2) is 0 Å². The van der Waals surface area contributed by atoms with Crippen molar-refractivity contribution in [3.8, 4) is 0 Å². The third kappa shape index (κ3) is 2.83. The number of aromatic nitrogens is 1. The molecule has 0 spiro atoms. The number of carboxylic acids is 1. The van der Waals surface area contributed by atoms with Gasteiger partial charge in [-0.2, -0.15) is 0 Å². The fraction of sp³-hybridized carbons (Fsp3) is 0.545. The van der Waals surface area contributed by atoms with Crippen molar-refractivity contribution in [1.29, 1.82) is 0 Å². The molecular weight excluding hydrogens is 192 g/mol. The Kier molecular flexibility index (Phi) is 3.52. The summed E-state index contributed by atoms with van der Waals surface area (Å²) in [6, 6.07) is 3.94. The minimum absolute atomic E-state index is 0.722. The van der Waals surface area contributed by atoms with Gasteiger partial charge in [-0.25, -0.2) is 0 Å². The highest BCUT2D eigenvalue weighted by Crippen LogP contribution is 2.12. The molecule has 0 unspecified atom stereocenters. The molecule has 0 bridgehead atoms. The smallest absolute Gasteiger partial charge is 0.323 e. The lowest BCUT2D eigenvalue weighted by Crippen LogP contribution is -2.48. The maximum Gasteiger partial charge on any atom is 0.323 e. The van der Waals surface area contributed by atoms with Gasteiger partial charge in [0.2, 0.25) is 0 Å². The monoisotopic (exact) mass is 210 g/mol. The molecule has 0 radical (unpaired) electrons. The molecule has 0 saturated heterocycles. The van der Waals surface area contributed by atoms with E-state index in [1.54, 1.807) is 13.8 Å². The van der Waals surface area contributed by atoms with Crippen LogP contribution in [-0.2, 0) is 11.2 Å². The summed E-state index contributed by atoms with van der Waals surface area (Å²) in [5, 5.41) is 9.02. The summed E-state index contributed by atoms with van der Waals surface area (Å²) in [6.45, 7) is 4.15. The highest BCUT2D eigenvalue weighted by atomic mass is 16.4. The molecule has 0 aliphatic carbocycles. The van der Waals surface area contributed by atoms with Crippen molar-refractivity contribution in [3.05, 3.63) is 24.0 Å². The zero-order valence-corrected chi connectivity index (χ0v) is 9.45. The molecule has 84 valence electrons. The van der Waals surface area contributed by atoms with E-state index in [9.17, 15) is 4.79 Å². The van der Waals surface area contributed by atoms with Crippen LogP contribution in [0.3, 0.4) is 0 Å². The lowest BCUT2D eigenvalue weighted by molar-refractivity contribution is -0.148. The van der Waals surface area contributed by atoms with E-state index < -0.39 is 11.5 Å². The summed E-state index contributed by atoms with van der Waals surface area (Å²) in [4.78, 5) is 15.9. The van der Waals surface area contributed by atoms with Crippen LogP contribution in [0.25, 0.3) is 0 Å². The van der Waals surface area contributed by atoms with Crippen molar-refractivity contribution in [2.75, 3.05) is 13.6 Å². The topological polar surface area (TPSA) is 56.3 Å². The predicted molar refractivity (Wildman–Crippen MR) is 58.8 cm³/mol. The van der Waals surface area contributed by atoms with E-state index in [1.165, 1.54) is 0 Å². The fourth-order valence-corrected chi connectivity index (χ4v) is 1.25. The number of likely N-dealkylation sites (N-methyl/N-ethyl adjacent to an activating group) is 1. The number of hydrogen-bond donors (Lipinski definition) is 2. The first-order chi connectivity index (χ1) is 6.94. The Morgan fingerprint density at radius 3 is 2.73 bits per heavy atom. The highest BCUT2D eigenvalue weighted by molar-refractivity contribution is 5.77. The van der Waals surface area contributed by atoms with Crippen LogP contribution in [0.15, 0.2) is 18.3 Å². The second-order valence-corrected chi connectivity index (χ2v) is 4.23. The molecule has 1 heterocycles. The standard InChI is InChI=1S/C11H18N2O2/c1-11(2,10(14)15)13(3)8-6-9-5-4-7-12-9/h4-5,7,12H,6,8H2,1-3H3,(H,14,15). The fourth-order valence-electron chi connectivity index (χ4n) is 1.25. The second-order valence-electron chi connectivity index (χ2n) is 4.23. The van der Waals surface area contributed by atoms with Crippen LogP contribution in [0.2, 0.25) is 0 Å². The van der Waals surface area contributed by atoms with Gasteiger partial charge in [-0.1, -0.05) is 0 Å². The third-order valence-corrected chi connectivity index (χ3v) is 2.86. The molecule has 0 amide bonds. The molecule has 4 heteroatoms. The first-order valence-electron chi connectivity index (χ1n) is 5.01. The molecule has 1 aromatic rings. The summed E-state index contributed by atoms with van der Waals surface area (Å²) >= 11 is 0. The van der Waals surface area contributed by atoms with Crippen molar-refractivity contribution >= 4 is 5.97 Å². The molecule has 0 aromatic carbocycles. The number of carbonyl (C=O) groups is 1. The van der Waals surface area contributed by atoms with E-state index in [2.05, 4.69) is 4.98 Å². The quantitative estimate of drug-likeness (QED) is 0.771. The summed E-state index contributed by atoms with van der Waals surface area (Å²) in [5.41, 5.74) is 0.315. The van der Waals surface area contributed by atoms with Gasteiger partial charge in [0.05, 0.1) is 0 Å². The van der Waals surface area contributed by atoms with Crippen LogP contribution in [0, 0.1) is 0 Å². The summed E-state index contributed by atoms with van der Waals surface area (Å²) in [7, 11) is 1.83. The molecule has 0 fully saturated rings. The Balaban J connectivity index is 2.49. The molecule has 0 aliphatic rings. The van der Waals surface area contributed by atoms with Gasteiger partial charge in [0, 0.05) is 24.9 Å². The van der Waals surface area contributed by atoms with Gasteiger partial charge in [0.25, 0.3) is 0 Å². The normalized spacial score (nSPS) is 12.0. The van der Waals surface area contributed by atoms with Crippen molar-refractivity contribution in [1.82, 2.24) is 9.88 Å². The molecule has 1 aromatic heterocycles. The predicted octanol–water partition coefficient (Wildman–Crippen LogP) is 1.35. The van der Waals surface area contributed by atoms with Crippen LogP contribution < -0.4 is 0 Å². The molecule has 2 N–H and O–H groups in total. The van der Waals surface area contributed by atoms with Crippen molar-refractivity contribution in [2.45, 2.75) is 25.8 Å². The lowest BCUT2D eigenvalue weighted by Gasteiger charge is -2.31. The van der Waals surface area contributed by atoms with Crippen LogP contribution in [0.1, 0.15) is 19.5 Å². The number of carboxylic acid groups (broad SMARTS) is 1. The van der Waals surface area contributed by atoms with Crippen molar-refractivity contribution < 1.29 is 9.90 Å².